The first-order valence-electron chi connectivity index (χ1n) is 5.27. The minimum atomic E-state index is -0.247. The summed E-state index contributed by atoms with van der Waals surface area (Å²) in [7, 11) is 1.48. The molecule has 1 aliphatic rings. The van der Waals surface area contributed by atoms with E-state index in [9.17, 15) is 9.59 Å². The number of hydrogen-bond donors (Lipinski definition) is 1. The SMILES string of the molecule is COCC(=O)c1ccc(O[C@H]2CC(=O)N2)cc1. The van der Waals surface area contributed by atoms with Crippen molar-refractivity contribution in [2.45, 2.75) is 12.6 Å². The molecule has 17 heavy (non-hydrogen) atoms. The molecule has 1 fully saturated rings. The third-order valence-corrected chi connectivity index (χ3v) is 2.42. The van der Waals surface area contributed by atoms with E-state index in [1.807, 2.05) is 0 Å². The van der Waals surface area contributed by atoms with Gasteiger partial charge in [0.2, 0.25) is 5.91 Å². The fourth-order valence-corrected chi connectivity index (χ4v) is 1.50. The second-order valence-electron chi connectivity index (χ2n) is 3.76. The van der Waals surface area contributed by atoms with Gasteiger partial charge in [-0.25, -0.2) is 0 Å². The molecule has 1 atom stereocenters. The van der Waals surface area contributed by atoms with Crippen LogP contribution in [0.3, 0.4) is 0 Å². The Bertz CT molecular complexity index is 419. The maximum atomic E-state index is 11.5. The van der Waals surface area contributed by atoms with E-state index in [0.29, 0.717) is 17.7 Å². The third kappa shape index (κ3) is 2.82. The molecule has 1 aromatic rings. The van der Waals surface area contributed by atoms with Crippen molar-refractivity contribution in [3.8, 4) is 5.75 Å². The molecule has 1 aromatic carbocycles. The average Bonchev–Trinajstić information content (AvgIpc) is 2.28. The van der Waals surface area contributed by atoms with Gasteiger partial charge in [-0.1, -0.05) is 0 Å². The second-order valence-corrected chi connectivity index (χ2v) is 3.76. The summed E-state index contributed by atoms with van der Waals surface area (Å²) in [6.45, 7) is 0.0683. The first-order chi connectivity index (χ1) is 8.19. The number of ketones is 1. The lowest BCUT2D eigenvalue weighted by Crippen LogP contribution is -2.51. The van der Waals surface area contributed by atoms with Crippen LogP contribution in [0.5, 0.6) is 5.75 Å². The fraction of sp³-hybridized carbons (Fsp3) is 0.333. The summed E-state index contributed by atoms with van der Waals surface area (Å²) in [6.07, 6.45) is 0.132. The van der Waals surface area contributed by atoms with Crippen molar-refractivity contribution < 1.29 is 19.1 Å². The first kappa shape index (κ1) is 11.6. The van der Waals surface area contributed by atoms with E-state index in [1.54, 1.807) is 24.3 Å². The van der Waals surface area contributed by atoms with Gasteiger partial charge in [-0.15, -0.1) is 0 Å². The molecule has 90 valence electrons. The average molecular weight is 235 g/mol. The van der Waals surface area contributed by atoms with Gasteiger partial charge in [-0.2, -0.15) is 0 Å². The van der Waals surface area contributed by atoms with Gasteiger partial charge >= 0.3 is 0 Å². The Balaban J connectivity index is 1.93. The van der Waals surface area contributed by atoms with Gasteiger partial charge < -0.3 is 14.8 Å². The van der Waals surface area contributed by atoms with E-state index in [2.05, 4.69) is 5.32 Å². The maximum Gasteiger partial charge on any atom is 0.228 e. The number of β-lactam (4-membered cyclic amide) rings is 1. The predicted octanol–water partition coefficient (Wildman–Crippen LogP) is 0.741. The van der Waals surface area contributed by atoms with Gasteiger partial charge in [-0.3, -0.25) is 9.59 Å². The smallest absolute Gasteiger partial charge is 0.228 e. The topological polar surface area (TPSA) is 64.6 Å². The quantitative estimate of drug-likeness (QED) is 0.604. The van der Waals surface area contributed by atoms with Crippen molar-refractivity contribution in [2.75, 3.05) is 13.7 Å². The third-order valence-electron chi connectivity index (χ3n) is 2.42. The van der Waals surface area contributed by atoms with Crippen LogP contribution in [0.1, 0.15) is 16.8 Å². The van der Waals surface area contributed by atoms with Crippen LogP contribution < -0.4 is 10.1 Å². The molecule has 0 aliphatic carbocycles. The van der Waals surface area contributed by atoms with Crippen LogP contribution in [0.15, 0.2) is 24.3 Å². The van der Waals surface area contributed by atoms with Gasteiger partial charge in [0.05, 0.1) is 6.42 Å². The van der Waals surface area contributed by atoms with E-state index in [1.165, 1.54) is 7.11 Å². The summed E-state index contributed by atoms with van der Waals surface area (Å²) < 4.78 is 10.2. The van der Waals surface area contributed by atoms with Crippen LogP contribution in [0.2, 0.25) is 0 Å². The Morgan fingerprint density at radius 3 is 2.59 bits per heavy atom. The van der Waals surface area contributed by atoms with Crippen molar-refractivity contribution in [1.29, 1.82) is 0 Å². The number of methoxy groups -OCH3 is 1. The molecule has 0 aromatic heterocycles. The van der Waals surface area contributed by atoms with Crippen molar-refractivity contribution in [2.24, 2.45) is 0 Å². The van der Waals surface area contributed by atoms with Crippen molar-refractivity contribution >= 4 is 11.7 Å². The zero-order valence-electron chi connectivity index (χ0n) is 9.43. The molecule has 0 unspecified atom stereocenters. The van der Waals surface area contributed by atoms with E-state index < -0.39 is 0 Å². The second kappa shape index (κ2) is 4.97. The standard InChI is InChI=1S/C12H13NO4/c1-16-7-10(14)8-2-4-9(5-3-8)17-12-6-11(15)13-12/h2-5,12H,6-7H2,1H3,(H,13,15)/t12-/m0/s1. The zero-order chi connectivity index (χ0) is 12.3. The Morgan fingerprint density at radius 1 is 1.41 bits per heavy atom. The van der Waals surface area contributed by atoms with Crippen molar-refractivity contribution in [3.63, 3.8) is 0 Å². The van der Waals surface area contributed by atoms with Gasteiger partial charge in [0, 0.05) is 12.7 Å². The molecular weight excluding hydrogens is 222 g/mol. The number of hydrogen-bond acceptors (Lipinski definition) is 4. The lowest BCUT2D eigenvalue weighted by atomic mass is 10.1. The number of rotatable bonds is 5. The summed E-state index contributed by atoms with van der Waals surface area (Å²) in [6, 6.07) is 6.76. The number of ether oxygens (including phenoxy) is 2. The highest BCUT2D eigenvalue weighted by molar-refractivity contribution is 5.97. The largest absolute Gasteiger partial charge is 0.470 e. The molecule has 0 radical (unpaired) electrons. The molecule has 0 spiro atoms. The Labute approximate surface area is 98.7 Å². The number of amides is 1. The summed E-state index contributed by atoms with van der Waals surface area (Å²) >= 11 is 0. The molecule has 1 amide bonds. The number of Topliss-reactive ketones (excluding diaryl/α,β-unsaturated/α-hetero) is 1. The number of benzene rings is 1. The summed E-state index contributed by atoms with van der Waals surface area (Å²) in [5.41, 5.74) is 0.580. The summed E-state index contributed by atoms with van der Waals surface area (Å²) in [5.74, 6) is 0.543. The molecular formula is C12H13NO4. The Hall–Kier alpha value is -1.88. The molecule has 5 heteroatoms. The predicted molar refractivity (Wildman–Crippen MR) is 59.8 cm³/mol. The number of nitrogens with one attached hydrogen (secondary N) is 1. The van der Waals surface area contributed by atoms with E-state index in [-0.39, 0.29) is 24.5 Å². The summed E-state index contributed by atoms with van der Waals surface area (Å²) in [5, 5.41) is 2.60. The number of carbonyl (C=O) groups excluding carboxylic acids is 2. The molecule has 1 heterocycles. The van der Waals surface area contributed by atoms with Gasteiger partial charge in [0.25, 0.3) is 0 Å². The molecule has 0 bridgehead atoms. The lowest BCUT2D eigenvalue weighted by Gasteiger charge is -2.27. The minimum absolute atomic E-state index is 0.0121. The highest BCUT2D eigenvalue weighted by Gasteiger charge is 2.26. The van der Waals surface area contributed by atoms with Crippen LogP contribution >= 0.6 is 0 Å². The van der Waals surface area contributed by atoms with Crippen LogP contribution in [-0.4, -0.2) is 31.6 Å². The highest BCUT2D eigenvalue weighted by atomic mass is 16.5. The minimum Gasteiger partial charge on any atom is -0.470 e. The van der Waals surface area contributed by atoms with Crippen LogP contribution in [0.4, 0.5) is 0 Å². The molecule has 2 rings (SSSR count). The van der Waals surface area contributed by atoms with Crippen molar-refractivity contribution in [1.82, 2.24) is 5.32 Å². The van der Waals surface area contributed by atoms with Gasteiger partial charge in [0.1, 0.15) is 12.4 Å². The molecule has 1 N–H and O–H groups in total. The molecule has 0 saturated carbocycles. The van der Waals surface area contributed by atoms with Crippen LogP contribution in [0, 0.1) is 0 Å². The molecule has 5 nitrogen and oxygen atoms in total. The van der Waals surface area contributed by atoms with E-state index >= 15 is 0 Å². The normalized spacial score (nSPS) is 18.2. The van der Waals surface area contributed by atoms with Crippen molar-refractivity contribution in [3.05, 3.63) is 29.8 Å². The monoisotopic (exact) mass is 235 g/mol. The number of carbonyl (C=O) groups is 2. The maximum absolute atomic E-state index is 11.5. The first-order valence-corrected chi connectivity index (χ1v) is 5.27. The van der Waals surface area contributed by atoms with Gasteiger partial charge in [-0.05, 0) is 24.3 Å². The van der Waals surface area contributed by atoms with Crippen LogP contribution in [-0.2, 0) is 9.53 Å². The summed E-state index contributed by atoms with van der Waals surface area (Å²) in [4.78, 5) is 22.1. The molecule has 1 saturated heterocycles. The van der Waals surface area contributed by atoms with Gasteiger partial charge in [0.15, 0.2) is 12.0 Å². The zero-order valence-corrected chi connectivity index (χ0v) is 9.43. The lowest BCUT2D eigenvalue weighted by molar-refractivity contribution is -0.134. The van der Waals surface area contributed by atoms with E-state index in [0.717, 1.165) is 0 Å². The highest BCUT2D eigenvalue weighted by Crippen LogP contribution is 2.17. The van der Waals surface area contributed by atoms with E-state index in [4.69, 9.17) is 9.47 Å². The Kier molecular flexibility index (Phi) is 3.39. The van der Waals surface area contributed by atoms with Crippen LogP contribution in [0.25, 0.3) is 0 Å². The molecule has 1 aliphatic heterocycles. The Morgan fingerprint density at radius 2 is 2.06 bits per heavy atom. The fourth-order valence-electron chi connectivity index (χ4n) is 1.50.